The van der Waals surface area contributed by atoms with Crippen molar-refractivity contribution >= 4 is 27.5 Å². The molecular formula is C16H18BrClN2O. The minimum absolute atomic E-state index is 0.115. The molecule has 0 saturated heterocycles. The standard InChI is InChI=1S/C16H18BrClN2O/c1-16(2,3)13-12(17)14(18)20-15(19-13)11-7-5-10(6-8-11)9-21-4/h5-8H,9H2,1-4H3. The second-order valence-electron chi connectivity index (χ2n) is 5.88. The van der Waals surface area contributed by atoms with Gasteiger partial charge in [0, 0.05) is 18.1 Å². The summed E-state index contributed by atoms with van der Waals surface area (Å²) in [6, 6.07) is 7.99. The summed E-state index contributed by atoms with van der Waals surface area (Å²) < 4.78 is 5.87. The molecule has 0 fully saturated rings. The number of hydrogen-bond donors (Lipinski definition) is 0. The first-order valence-corrected chi connectivity index (χ1v) is 7.82. The van der Waals surface area contributed by atoms with Crippen molar-refractivity contribution in [2.24, 2.45) is 0 Å². The molecule has 2 rings (SSSR count). The Labute approximate surface area is 138 Å². The van der Waals surface area contributed by atoms with Crippen LogP contribution in [0.3, 0.4) is 0 Å². The van der Waals surface area contributed by atoms with E-state index in [2.05, 4.69) is 46.7 Å². The molecule has 5 heteroatoms. The molecule has 0 radical (unpaired) electrons. The molecule has 112 valence electrons. The first-order valence-electron chi connectivity index (χ1n) is 6.64. The fourth-order valence-electron chi connectivity index (χ4n) is 1.96. The van der Waals surface area contributed by atoms with E-state index in [-0.39, 0.29) is 5.41 Å². The summed E-state index contributed by atoms with van der Waals surface area (Å²) in [7, 11) is 1.68. The number of nitrogens with zero attached hydrogens (tertiary/aromatic N) is 2. The van der Waals surface area contributed by atoms with Gasteiger partial charge in [-0.15, -0.1) is 0 Å². The van der Waals surface area contributed by atoms with Crippen LogP contribution < -0.4 is 0 Å². The van der Waals surface area contributed by atoms with Crippen molar-refractivity contribution in [3.8, 4) is 11.4 Å². The third kappa shape index (κ3) is 3.82. The van der Waals surface area contributed by atoms with Crippen molar-refractivity contribution in [1.29, 1.82) is 0 Å². The largest absolute Gasteiger partial charge is 0.380 e. The zero-order valence-electron chi connectivity index (χ0n) is 12.6. The summed E-state index contributed by atoms with van der Waals surface area (Å²) in [5.41, 5.74) is 2.84. The molecule has 1 aromatic carbocycles. The SMILES string of the molecule is COCc1ccc(-c2nc(Cl)c(Br)c(C(C)(C)C)n2)cc1. The summed E-state index contributed by atoms with van der Waals surface area (Å²) in [4.78, 5) is 9.05. The van der Waals surface area contributed by atoms with Gasteiger partial charge in [-0.3, -0.25) is 0 Å². The molecule has 2 aromatic rings. The molecule has 0 amide bonds. The Morgan fingerprint density at radius 3 is 2.29 bits per heavy atom. The van der Waals surface area contributed by atoms with Crippen LogP contribution >= 0.6 is 27.5 Å². The molecule has 0 unspecified atom stereocenters. The van der Waals surface area contributed by atoms with Crippen LogP contribution in [0.4, 0.5) is 0 Å². The second kappa shape index (κ2) is 6.42. The minimum Gasteiger partial charge on any atom is -0.380 e. The molecule has 0 aliphatic heterocycles. The third-order valence-electron chi connectivity index (χ3n) is 3.04. The second-order valence-corrected chi connectivity index (χ2v) is 7.03. The summed E-state index contributed by atoms with van der Waals surface area (Å²) in [5, 5.41) is 0.436. The molecule has 0 spiro atoms. The van der Waals surface area contributed by atoms with E-state index in [1.807, 2.05) is 24.3 Å². The van der Waals surface area contributed by atoms with E-state index in [0.29, 0.717) is 17.6 Å². The van der Waals surface area contributed by atoms with Gasteiger partial charge in [-0.2, -0.15) is 0 Å². The van der Waals surface area contributed by atoms with Gasteiger partial charge in [0.2, 0.25) is 0 Å². The number of hydrogen-bond acceptors (Lipinski definition) is 3. The van der Waals surface area contributed by atoms with Gasteiger partial charge in [-0.05, 0) is 21.5 Å². The van der Waals surface area contributed by atoms with E-state index < -0.39 is 0 Å². The highest BCUT2D eigenvalue weighted by atomic mass is 79.9. The lowest BCUT2D eigenvalue weighted by Crippen LogP contribution is -2.16. The Morgan fingerprint density at radius 1 is 1.14 bits per heavy atom. The van der Waals surface area contributed by atoms with Gasteiger partial charge >= 0.3 is 0 Å². The maximum Gasteiger partial charge on any atom is 0.161 e. The third-order valence-corrected chi connectivity index (χ3v) is 4.30. The van der Waals surface area contributed by atoms with Crippen LogP contribution in [0.15, 0.2) is 28.7 Å². The highest BCUT2D eigenvalue weighted by Crippen LogP contribution is 2.34. The van der Waals surface area contributed by atoms with Crippen molar-refractivity contribution in [3.05, 3.63) is 45.1 Å². The van der Waals surface area contributed by atoms with Gasteiger partial charge in [0.25, 0.3) is 0 Å². The topological polar surface area (TPSA) is 35.0 Å². The van der Waals surface area contributed by atoms with E-state index in [9.17, 15) is 0 Å². The minimum atomic E-state index is -0.115. The number of rotatable bonds is 3. The van der Waals surface area contributed by atoms with Crippen LogP contribution in [0, 0.1) is 0 Å². The Bertz CT molecular complexity index is 636. The maximum absolute atomic E-state index is 6.24. The Kier molecular flexibility index (Phi) is 5.02. The summed E-state index contributed by atoms with van der Waals surface area (Å²) in [5.74, 6) is 0.636. The average molecular weight is 370 g/mol. The molecule has 3 nitrogen and oxygen atoms in total. The lowest BCUT2D eigenvalue weighted by atomic mass is 9.92. The summed E-state index contributed by atoms with van der Waals surface area (Å²) >= 11 is 9.72. The monoisotopic (exact) mass is 368 g/mol. The highest BCUT2D eigenvalue weighted by molar-refractivity contribution is 9.10. The summed E-state index contributed by atoms with van der Waals surface area (Å²) in [6.45, 7) is 6.89. The lowest BCUT2D eigenvalue weighted by molar-refractivity contribution is 0.185. The van der Waals surface area contributed by atoms with Gasteiger partial charge in [0.15, 0.2) is 5.82 Å². The van der Waals surface area contributed by atoms with Crippen LogP contribution in [-0.2, 0) is 16.8 Å². The first kappa shape index (κ1) is 16.4. The van der Waals surface area contributed by atoms with E-state index in [4.69, 9.17) is 16.3 Å². The van der Waals surface area contributed by atoms with Crippen LogP contribution in [0.2, 0.25) is 5.15 Å². The molecule has 0 aliphatic rings. The Morgan fingerprint density at radius 2 is 1.76 bits per heavy atom. The van der Waals surface area contributed by atoms with Gasteiger partial charge < -0.3 is 4.74 Å². The number of ether oxygens (including phenoxy) is 1. The fourth-order valence-corrected chi connectivity index (χ4v) is 2.90. The zero-order chi connectivity index (χ0) is 15.6. The van der Waals surface area contributed by atoms with Gasteiger partial charge in [0.1, 0.15) is 5.15 Å². The van der Waals surface area contributed by atoms with E-state index in [1.54, 1.807) is 7.11 Å². The predicted octanol–water partition coefficient (Wildman–Crippen LogP) is 5.00. The molecule has 0 saturated carbocycles. The molecule has 1 aromatic heterocycles. The molecular weight excluding hydrogens is 352 g/mol. The fraction of sp³-hybridized carbons (Fsp3) is 0.375. The smallest absolute Gasteiger partial charge is 0.161 e. The van der Waals surface area contributed by atoms with Crippen LogP contribution in [0.1, 0.15) is 32.0 Å². The lowest BCUT2D eigenvalue weighted by Gasteiger charge is -2.20. The number of methoxy groups -OCH3 is 1. The van der Waals surface area contributed by atoms with Crippen molar-refractivity contribution < 1.29 is 4.74 Å². The first-order chi connectivity index (χ1) is 9.82. The molecule has 0 N–H and O–H groups in total. The van der Waals surface area contributed by atoms with Gasteiger partial charge in [-0.1, -0.05) is 56.6 Å². The molecule has 0 aliphatic carbocycles. The van der Waals surface area contributed by atoms with Crippen LogP contribution in [0.5, 0.6) is 0 Å². The molecule has 0 atom stereocenters. The van der Waals surface area contributed by atoms with Gasteiger partial charge in [-0.25, -0.2) is 9.97 Å². The Hall–Kier alpha value is -0.970. The van der Waals surface area contributed by atoms with E-state index in [0.717, 1.165) is 21.3 Å². The summed E-state index contributed by atoms with van der Waals surface area (Å²) in [6.07, 6.45) is 0. The number of halogens is 2. The molecule has 0 bridgehead atoms. The molecule has 1 heterocycles. The predicted molar refractivity (Wildman–Crippen MR) is 89.6 cm³/mol. The highest BCUT2D eigenvalue weighted by Gasteiger charge is 2.23. The molecule has 21 heavy (non-hydrogen) atoms. The van der Waals surface area contributed by atoms with Crippen molar-refractivity contribution in [1.82, 2.24) is 9.97 Å². The zero-order valence-corrected chi connectivity index (χ0v) is 14.9. The van der Waals surface area contributed by atoms with E-state index >= 15 is 0 Å². The van der Waals surface area contributed by atoms with Crippen molar-refractivity contribution in [3.63, 3.8) is 0 Å². The van der Waals surface area contributed by atoms with Gasteiger partial charge in [0.05, 0.1) is 16.8 Å². The number of aromatic nitrogens is 2. The Balaban J connectivity index is 2.47. The van der Waals surface area contributed by atoms with Crippen LogP contribution in [-0.4, -0.2) is 17.1 Å². The van der Waals surface area contributed by atoms with Crippen molar-refractivity contribution in [2.75, 3.05) is 7.11 Å². The normalized spacial score (nSPS) is 11.7. The maximum atomic E-state index is 6.24. The van der Waals surface area contributed by atoms with Crippen molar-refractivity contribution in [2.45, 2.75) is 32.8 Å². The number of benzene rings is 1. The van der Waals surface area contributed by atoms with E-state index in [1.165, 1.54) is 0 Å². The average Bonchev–Trinajstić information content (AvgIpc) is 2.41. The quantitative estimate of drug-likeness (QED) is 0.714. The van der Waals surface area contributed by atoms with Crippen LogP contribution in [0.25, 0.3) is 11.4 Å².